The summed E-state index contributed by atoms with van der Waals surface area (Å²) < 4.78 is 0. The fourth-order valence-corrected chi connectivity index (χ4v) is 2.85. The van der Waals surface area contributed by atoms with Crippen molar-refractivity contribution >= 4 is 35.0 Å². The first-order valence-electron chi connectivity index (χ1n) is 4.24. The number of hydrogen-bond acceptors (Lipinski definition) is 1. The van der Waals surface area contributed by atoms with Crippen molar-refractivity contribution in [2.24, 2.45) is 11.3 Å². The van der Waals surface area contributed by atoms with Gasteiger partial charge in [0.25, 0.3) is 0 Å². The summed E-state index contributed by atoms with van der Waals surface area (Å²) in [6.45, 7) is 4.40. The number of hydrogen-bond donors (Lipinski definition) is 0. The van der Waals surface area contributed by atoms with Crippen LogP contribution >= 0.6 is 35.0 Å². The van der Waals surface area contributed by atoms with E-state index in [0.29, 0.717) is 17.7 Å². The average Bonchev–Trinajstić information content (AvgIpc) is 2.07. The van der Waals surface area contributed by atoms with Crippen molar-refractivity contribution in [3.05, 3.63) is 0 Å². The summed E-state index contributed by atoms with van der Waals surface area (Å²) in [7, 11) is 0. The Bertz CT molecular complexity index is 111. The van der Waals surface area contributed by atoms with Gasteiger partial charge in [-0.3, -0.25) is 0 Å². The molecule has 12 heavy (non-hydrogen) atoms. The largest absolute Gasteiger partial charge is 0.165 e. The first-order chi connectivity index (χ1) is 5.63. The van der Waals surface area contributed by atoms with Crippen LogP contribution in [0.4, 0.5) is 0 Å². The molecule has 0 aliphatic carbocycles. The van der Waals surface area contributed by atoms with Crippen LogP contribution in [0.3, 0.4) is 0 Å². The zero-order valence-electron chi connectivity index (χ0n) is 8.07. The predicted molar refractivity (Wildman–Crippen MR) is 61.7 cm³/mol. The summed E-state index contributed by atoms with van der Waals surface area (Å²) in [4.78, 5) is 0. The Morgan fingerprint density at radius 3 is 2.00 bits per heavy atom. The molecule has 0 unspecified atom stereocenters. The molecule has 0 spiro atoms. The molecule has 0 fully saturated rings. The summed E-state index contributed by atoms with van der Waals surface area (Å²) in [6, 6.07) is 0. The first-order valence-corrected chi connectivity index (χ1v) is 6.70. The van der Waals surface area contributed by atoms with Gasteiger partial charge in [0, 0.05) is 17.2 Å². The molecule has 0 N–H and O–H groups in total. The maximum absolute atomic E-state index is 5.96. The monoisotopic (exact) mass is 228 g/mol. The van der Waals surface area contributed by atoms with E-state index < -0.39 is 0 Å². The lowest BCUT2D eigenvalue weighted by Gasteiger charge is -2.33. The lowest BCUT2D eigenvalue weighted by molar-refractivity contribution is 0.253. The summed E-state index contributed by atoms with van der Waals surface area (Å²) in [5, 5.41) is 0. The molecule has 74 valence electrons. The van der Waals surface area contributed by atoms with Crippen LogP contribution in [-0.2, 0) is 0 Å². The van der Waals surface area contributed by atoms with Crippen molar-refractivity contribution in [1.29, 1.82) is 0 Å². The molecule has 0 saturated carbocycles. The molecule has 0 radical (unpaired) electrons. The van der Waals surface area contributed by atoms with Gasteiger partial charge in [0.2, 0.25) is 0 Å². The van der Waals surface area contributed by atoms with Crippen LogP contribution in [0.2, 0.25) is 0 Å². The van der Waals surface area contributed by atoms with E-state index in [0.717, 1.165) is 12.2 Å². The van der Waals surface area contributed by atoms with Gasteiger partial charge in [-0.2, -0.15) is 11.8 Å². The number of thioether (sulfide) groups is 1. The third-order valence-electron chi connectivity index (χ3n) is 2.56. The van der Waals surface area contributed by atoms with Gasteiger partial charge in [-0.1, -0.05) is 13.8 Å². The summed E-state index contributed by atoms with van der Waals surface area (Å²) in [5.74, 6) is 3.07. The van der Waals surface area contributed by atoms with Gasteiger partial charge in [0.1, 0.15) is 0 Å². The van der Waals surface area contributed by atoms with Crippen LogP contribution in [0.1, 0.15) is 20.3 Å². The Balaban J connectivity index is 4.15. The third kappa shape index (κ3) is 3.35. The Morgan fingerprint density at radius 2 is 1.75 bits per heavy atom. The minimum absolute atomic E-state index is 0.145. The molecule has 0 aromatic rings. The molecule has 0 rings (SSSR count). The lowest BCUT2D eigenvalue weighted by Crippen LogP contribution is -2.32. The first kappa shape index (κ1) is 12.9. The van der Waals surface area contributed by atoms with Crippen molar-refractivity contribution in [3.63, 3.8) is 0 Å². The lowest BCUT2D eigenvalue weighted by atomic mass is 9.78. The molecule has 0 bridgehead atoms. The highest BCUT2D eigenvalue weighted by atomic mass is 35.5. The Hall–Kier alpha value is 0.930. The summed E-state index contributed by atoms with van der Waals surface area (Å²) in [6.07, 6.45) is 3.24. The second kappa shape index (κ2) is 6.39. The molecular formula is C9H18Cl2S. The molecular weight excluding hydrogens is 211 g/mol. The van der Waals surface area contributed by atoms with E-state index in [1.807, 2.05) is 11.8 Å². The van der Waals surface area contributed by atoms with Crippen LogP contribution in [0.5, 0.6) is 0 Å². The van der Waals surface area contributed by atoms with Gasteiger partial charge in [-0.25, -0.2) is 0 Å². The molecule has 0 aliphatic rings. The fraction of sp³-hybridized carbons (Fsp3) is 1.00. The highest BCUT2D eigenvalue weighted by Crippen LogP contribution is 2.35. The van der Waals surface area contributed by atoms with Crippen LogP contribution in [-0.4, -0.2) is 23.8 Å². The molecule has 3 heteroatoms. The van der Waals surface area contributed by atoms with E-state index in [1.165, 1.54) is 0 Å². The molecule has 0 aromatic heterocycles. The highest BCUT2D eigenvalue weighted by molar-refractivity contribution is 7.98. The van der Waals surface area contributed by atoms with E-state index >= 15 is 0 Å². The molecule has 0 heterocycles. The van der Waals surface area contributed by atoms with Crippen LogP contribution in [0.25, 0.3) is 0 Å². The Labute approximate surface area is 90.4 Å². The highest BCUT2D eigenvalue weighted by Gasteiger charge is 2.31. The van der Waals surface area contributed by atoms with Crippen molar-refractivity contribution in [3.8, 4) is 0 Å². The third-order valence-corrected chi connectivity index (χ3v) is 4.24. The predicted octanol–water partition coefficient (Wildman–Crippen LogP) is 3.86. The van der Waals surface area contributed by atoms with Gasteiger partial charge in [0.05, 0.1) is 0 Å². The number of rotatable bonds is 6. The second-order valence-corrected chi connectivity index (χ2v) is 5.05. The molecule has 0 atom stereocenters. The van der Waals surface area contributed by atoms with E-state index in [1.54, 1.807) is 0 Å². The van der Waals surface area contributed by atoms with Gasteiger partial charge in [0.15, 0.2) is 0 Å². The normalized spacial score (nSPS) is 12.5. The van der Waals surface area contributed by atoms with Crippen LogP contribution in [0.15, 0.2) is 0 Å². The standard InChI is InChI=1S/C9H18Cl2S/c1-8(2)9(6-10,7-11)4-5-12-3/h8H,4-7H2,1-3H3. The van der Waals surface area contributed by atoms with E-state index in [9.17, 15) is 0 Å². The van der Waals surface area contributed by atoms with Crippen LogP contribution in [0, 0.1) is 11.3 Å². The average molecular weight is 229 g/mol. The fourth-order valence-electron chi connectivity index (χ4n) is 1.07. The zero-order chi connectivity index (χ0) is 9.61. The van der Waals surface area contributed by atoms with Crippen molar-refractivity contribution in [2.45, 2.75) is 20.3 Å². The molecule has 0 aromatic carbocycles. The minimum atomic E-state index is 0.145. The molecule has 0 saturated heterocycles. The van der Waals surface area contributed by atoms with E-state index in [4.69, 9.17) is 23.2 Å². The molecule has 0 amide bonds. The maximum atomic E-state index is 5.96. The Morgan fingerprint density at radius 1 is 1.25 bits per heavy atom. The quantitative estimate of drug-likeness (QED) is 0.623. The van der Waals surface area contributed by atoms with Crippen molar-refractivity contribution in [2.75, 3.05) is 23.8 Å². The number of halogens is 2. The van der Waals surface area contributed by atoms with Crippen molar-refractivity contribution in [1.82, 2.24) is 0 Å². The zero-order valence-corrected chi connectivity index (χ0v) is 10.4. The summed E-state index contributed by atoms with van der Waals surface area (Å²) in [5.41, 5.74) is 0.145. The van der Waals surface area contributed by atoms with Gasteiger partial charge < -0.3 is 0 Å². The summed E-state index contributed by atoms with van der Waals surface area (Å²) >= 11 is 13.8. The van der Waals surface area contributed by atoms with Gasteiger partial charge in [-0.05, 0) is 24.3 Å². The SMILES string of the molecule is CSCCC(CCl)(CCl)C(C)C. The number of alkyl halides is 2. The van der Waals surface area contributed by atoms with Gasteiger partial charge in [-0.15, -0.1) is 23.2 Å². The van der Waals surface area contributed by atoms with E-state index in [2.05, 4.69) is 20.1 Å². The van der Waals surface area contributed by atoms with E-state index in [-0.39, 0.29) is 5.41 Å². The second-order valence-electron chi connectivity index (χ2n) is 3.53. The smallest absolute Gasteiger partial charge is 0.0294 e. The van der Waals surface area contributed by atoms with Gasteiger partial charge >= 0.3 is 0 Å². The molecule has 0 nitrogen and oxygen atoms in total. The Kier molecular flexibility index (Phi) is 6.89. The topological polar surface area (TPSA) is 0 Å². The van der Waals surface area contributed by atoms with Crippen LogP contribution < -0.4 is 0 Å². The van der Waals surface area contributed by atoms with Crippen molar-refractivity contribution < 1.29 is 0 Å². The molecule has 0 aliphatic heterocycles. The maximum Gasteiger partial charge on any atom is 0.0294 e. The minimum Gasteiger partial charge on any atom is -0.165 e.